The van der Waals surface area contributed by atoms with Gasteiger partial charge in [-0.2, -0.15) is 0 Å². The van der Waals surface area contributed by atoms with E-state index in [-0.39, 0.29) is 11.9 Å². The van der Waals surface area contributed by atoms with E-state index in [0.717, 1.165) is 11.3 Å². The highest BCUT2D eigenvalue weighted by Gasteiger charge is 2.26. The van der Waals surface area contributed by atoms with E-state index in [2.05, 4.69) is 15.5 Å². The number of hydrogen-bond acceptors (Lipinski definition) is 4. The van der Waals surface area contributed by atoms with Gasteiger partial charge < -0.3 is 20.4 Å². The number of carbonyl (C=O) groups is 3. The summed E-state index contributed by atoms with van der Waals surface area (Å²) in [5, 5.41) is 5.50. The molecule has 1 fully saturated rings. The Kier molecular flexibility index (Phi) is 6.72. The molecule has 0 saturated carbocycles. The van der Waals surface area contributed by atoms with Gasteiger partial charge in [0, 0.05) is 49.2 Å². The number of benzene rings is 2. The first kappa shape index (κ1) is 21.4. The lowest BCUT2D eigenvalue weighted by atomic mass is 10.1. The number of carbonyl (C=O) groups excluding carboxylic acids is 3. The molecule has 3 amide bonds. The van der Waals surface area contributed by atoms with Crippen molar-refractivity contribution in [2.24, 2.45) is 0 Å². The van der Waals surface area contributed by atoms with Gasteiger partial charge in [0.2, 0.25) is 0 Å². The second kappa shape index (κ2) is 9.43. The fourth-order valence-corrected chi connectivity index (χ4v) is 3.47. The van der Waals surface area contributed by atoms with Crippen LogP contribution in [0.3, 0.4) is 0 Å². The van der Waals surface area contributed by atoms with Crippen molar-refractivity contribution in [3.63, 3.8) is 0 Å². The minimum absolute atomic E-state index is 0.0382. The third kappa shape index (κ3) is 5.17. The molecule has 0 atom stereocenters. The molecule has 7 nitrogen and oxygen atoms in total. The molecule has 2 aromatic carbocycles. The molecule has 158 valence electrons. The Balaban J connectivity index is 1.56. The number of nitrogens with one attached hydrogen (secondary N) is 2. The molecule has 0 bridgehead atoms. The van der Waals surface area contributed by atoms with Crippen LogP contribution in [0.15, 0.2) is 48.5 Å². The van der Waals surface area contributed by atoms with Crippen LogP contribution in [-0.2, 0) is 9.59 Å². The Morgan fingerprint density at radius 2 is 1.60 bits per heavy atom. The smallest absolute Gasteiger partial charge is 0.313 e. The minimum Gasteiger partial charge on any atom is -0.368 e. The van der Waals surface area contributed by atoms with Crippen molar-refractivity contribution in [1.29, 1.82) is 0 Å². The number of nitrogens with zero attached hydrogens (tertiary/aromatic N) is 2. The maximum atomic E-state index is 12.6. The van der Waals surface area contributed by atoms with Crippen molar-refractivity contribution in [3.8, 4) is 0 Å². The molecule has 30 heavy (non-hydrogen) atoms. The van der Waals surface area contributed by atoms with Gasteiger partial charge in [-0.25, -0.2) is 0 Å². The summed E-state index contributed by atoms with van der Waals surface area (Å²) < 4.78 is 0. The Labute approximate surface area is 177 Å². The van der Waals surface area contributed by atoms with Crippen LogP contribution in [0.1, 0.15) is 29.8 Å². The van der Waals surface area contributed by atoms with Gasteiger partial charge in [-0.3, -0.25) is 14.4 Å². The van der Waals surface area contributed by atoms with Gasteiger partial charge in [0.05, 0.1) is 0 Å². The number of para-hydroxylation sites is 1. The normalized spacial score (nSPS) is 13.9. The first-order chi connectivity index (χ1) is 14.3. The van der Waals surface area contributed by atoms with Crippen LogP contribution in [-0.4, -0.2) is 54.8 Å². The van der Waals surface area contributed by atoms with Gasteiger partial charge in [0.1, 0.15) is 0 Å². The number of aryl methyl sites for hydroxylation is 1. The molecule has 1 heterocycles. The van der Waals surface area contributed by atoms with E-state index >= 15 is 0 Å². The molecule has 1 aliphatic rings. The Morgan fingerprint density at radius 3 is 2.20 bits per heavy atom. The molecule has 1 aliphatic heterocycles. The molecular weight excluding hydrogens is 380 g/mol. The largest absolute Gasteiger partial charge is 0.368 e. The number of hydrogen-bond donors (Lipinski definition) is 2. The van der Waals surface area contributed by atoms with Crippen molar-refractivity contribution < 1.29 is 14.4 Å². The summed E-state index contributed by atoms with van der Waals surface area (Å²) in [5.74, 6) is -1.36. The molecule has 0 aliphatic carbocycles. The number of rotatable bonds is 4. The lowest BCUT2D eigenvalue weighted by Crippen LogP contribution is -2.51. The van der Waals surface area contributed by atoms with Gasteiger partial charge in [-0.05, 0) is 56.7 Å². The first-order valence-corrected chi connectivity index (χ1v) is 10.2. The number of amides is 3. The topological polar surface area (TPSA) is 81.8 Å². The number of piperazine rings is 1. The highest BCUT2D eigenvalue weighted by molar-refractivity contribution is 6.39. The molecule has 2 aromatic rings. The zero-order valence-corrected chi connectivity index (χ0v) is 17.6. The monoisotopic (exact) mass is 408 g/mol. The van der Waals surface area contributed by atoms with Crippen molar-refractivity contribution in [2.75, 3.05) is 36.4 Å². The van der Waals surface area contributed by atoms with Crippen molar-refractivity contribution in [3.05, 3.63) is 59.7 Å². The van der Waals surface area contributed by atoms with Crippen LogP contribution in [0, 0.1) is 6.92 Å². The molecule has 0 spiro atoms. The van der Waals surface area contributed by atoms with Crippen molar-refractivity contribution >= 4 is 29.1 Å². The lowest BCUT2D eigenvalue weighted by molar-refractivity contribution is -0.143. The van der Waals surface area contributed by atoms with Crippen LogP contribution in [0.25, 0.3) is 0 Å². The summed E-state index contributed by atoms with van der Waals surface area (Å²) >= 11 is 0. The summed E-state index contributed by atoms with van der Waals surface area (Å²) in [7, 11) is 0. The molecule has 2 N–H and O–H groups in total. The summed E-state index contributed by atoms with van der Waals surface area (Å²) in [6.45, 7) is 7.95. The summed E-state index contributed by atoms with van der Waals surface area (Å²) in [5.41, 5.74) is 2.89. The number of anilines is 2. The predicted octanol–water partition coefficient (Wildman–Crippen LogP) is 2.42. The van der Waals surface area contributed by atoms with Crippen LogP contribution < -0.4 is 15.5 Å². The van der Waals surface area contributed by atoms with Gasteiger partial charge in [-0.1, -0.05) is 18.2 Å². The maximum Gasteiger partial charge on any atom is 0.313 e. The van der Waals surface area contributed by atoms with Gasteiger partial charge >= 0.3 is 11.8 Å². The zero-order valence-electron chi connectivity index (χ0n) is 17.6. The summed E-state index contributed by atoms with van der Waals surface area (Å²) in [4.78, 5) is 41.0. The van der Waals surface area contributed by atoms with E-state index in [1.807, 2.05) is 44.2 Å². The summed E-state index contributed by atoms with van der Waals surface area (Å²) in [6, 6.07) is 15.1. The Morgan fingerprint density at radius 1 is 0.933 bits per heavy atom. The zero-order chi connectivity index (χ0) is 21.7. The van der Waals surface area contributed by atoms with Gasteiger partial charge in [-0.15, -0.1) is 0 Å². The van der Waals surface area contributed by atoms with Crippen LogP contribution in [0.2, 0.25) is 0 Å². The first-order valence-electron chi connectivity index (χ1n) is 10.2. The van der Waals surface area contributed by atoms with Crippen LogP contribution in [0.5, 0.6) is 0 Å². The SMILES string of the molecule is Cc1cc(NC(=O)C(=O)N2CCN(c3ccccc3)CC2)ccc1C(=O)NC(C)C. The van der Waals surface area contributed by atoms with E-state index in [1.54, 1.807) is 30.0 Å². The van der Waals surface area contributed by atoms with E-state index < -0.39 is 11.8 Å². The van der Waals surface area contributed by atoms with Crippen LogP contribution in [0.4, 0.5) is 11.4 Å². The molecule has 0 unspecified atom stereocenters. The van der Waals surface area contributed by atoms with Crippen molar-refractivity contribution in [2.45, 2.75) is 26.8 Å². The minimum atomic E-state index is -0.665. The molecule has 3 rings (SSSR count). The average Bonchev–Trinajstić information content (AvgIpc) is 2.73. The van der Waals surface area contributed by atoms with Gasteiger partial charge in [0.15, 0.2) is 0 Å². The molecule has 0 radical (unpaired) electrons. The van der Waals surface area contributed by atoms with E-state index in [0.29, 0.717) is 37.4 Å². The Bertz CT molecular complexity index is 919. The van der Waals surface area contributed by atoms with E-state index in [4.69, 9.17) is 0 Å². The van der Waals surface area contributed by atoms with E-state index in [9.17, 15) is 14.4 Å². The fourth-order valence-electron chi connectivity index (χ4n) is 3.47. The third-order valence-electron chi connectivity index (χ3n) is 5.03. The highest BCUT2D eigenvalue weighted by atomic mass is 16.2. The average molecular weight is 409 g/mol. The summed E-state index contributed by atoms with van der Waals surface area (Å²) in [6.07, 6.45) is 0. The third-order valence-corrected chi connectivity index (χ3v) is 5.03. The van der Waals surface area contributed by atoms with Crippen molar-refractivity contribution in [1.82, 2.24) is 10.2 Å². The standard InChI is InChI=1S/C23H28N4O3/c1-16(2)24-21(28)20-10-9-18(15-17(20)3)25-22(29)23(30)27-13-11-26(12-14-27)19-7-5-4-6-8-19/h4-10,15-16H,11-14H2,1-3H3,(H,24,28)(H,25,29). The second-order valence-electron chi connectivity index (χ2n) is 7.73. The highest BCUT2D eigenvalue weighted by Crippen LogP contribution is 2.17. The predicted molar refractivity (Wildman–Crippen MR) is 118 cm³/mol. The second-order valence-corrected chi connectivity index (χ2v) is 7.73. The quantitative estimate of drug-likeness (QED) is 0.762. The molecule has 7 heteroatoms. The molecule has 1 saturated heterocycles. The Hall–Kier alpha value is -3.35. The molecular formula is C23H28N4O3. The molecule has 0 aromatic heterocycles. The maximum absolute atomic E-state index is 12.6. The van der Waals surface area contributed by atoms with Gasteiger partial charge in [0.25, 0.3) is 5.91 Å². The fraction of sp³-hybridized carbons (Fsp3) is 0.348. The van der Waals surface area contributed by atoms with Crippen LogP contribution >= 0.6 is 0 Å². The lowest BCUT2D eigenvalue weighted by Gasteiger charge is -2.35. The van der Waals surface area contributed by atoms with E-state index in [1.165, 1.54) is 0 Å².